The van der Waals surface area contributed by atoms with Crippen molar-refractivity contribution in [2.45, 2.75) is 52.9 Å². The highest BCUT2D eigenvalue weighted by atomic mass is 16.1. The standard InChI is InChI=1S/C24H29N3O/c1-6-17-9-8-10-18(7-2)22(17)27-23(28)19(15-25)16-26-21-13-11-20(12-14-21)24(3,4)5/h8-14,16,26H,6-7H2,1-5H3,(H,27,28)/b19-16-. The van der Waals surface area contributed by atoms with Gasteiger partial charge in [0.25, 0.3) is 5.91 Å². The summed E-state index contributed by atoms with van der Waals surface area (Å²) >= 11 is 0. The molecule has 0 saturated heterocycles. The van der Waals surface area contributed by atoms with E-state index in [4.69, 9.17) is 0 Å². The van der Waals surface area contributed by atoms with Crippen LogP contribution in [0.1, 0.15) is 51.3 Å². The fraction of sp³-hybridized carbons (Fsp3) is 0.333. The number of nitrogens with one attached hydrogen (secondary N) is 2. The van der Waals surface area contributed by atoms with Gasteiger partial charge >= 0.3 is 0 Å². The van der Waals surface area contributed by atoms with Gasteiger partial charge in [0.05, 0.1) is 0 Å². The zero-order valence-electron chi connectivity index (χ0n) is 17.4. The lowest BCUT2D eigenvalue weighted by Crippen LogP contribution is -2.17. The van der Waals surface area contributed by atoms with E-state index >= 15 is 0 Å². The molecule has 0 unspecified atom stereocenters. The minimum absolute atomic E-state index is 0.0351. The third kappa shape index (κ3) is 5.23. The van der Waals surface area contributed by atoms with Crippen LogP contribution >= 0.6 is 0 Å². The third-order valence-corrected chi connectivity index (χ3v) is 4.74. The predicted octanol–water partition coefficient (Wildman–Crippen LogP) is 5.57. The van der Waals surface area contributed by atoms with Crippen molar-refractivity contribution >= 4 is 17.3 Å². The van der Waals surface area contributed by atoms with Crippen molar-refractivity contribution in [3.8, 4) is 6.07 Å². The minimum Gasteiger partial charge on any atom is -0.360 e. The lowest BCUT2D eigenvalue weighted by molar-refractivity contribution is -0.112. The van der Waals surface area contributed by atoms with E-state index in [0.29, 0.717) is 0 Å². The van der Waals surface area contributed by atoms with Gasteiger partial charge in [-0.3, -0.25) is 4.79 Å². The van der Waals surface area contributed by atoms with E-state index in [1.165, 1.54) is 11.8 Å². The summed E-state index contributed by atoms with van der Waals surface area (Å²) in [6.07, 6.45) is 3.09. The summed E-state index contributed by atoms with van der Waals surface area (Å²) in [6.45, 7) is 10.6. The zero-order valence-corrected chi connectivity index (χ0v) is 17.4. The van der Waals surface area contributed by atoms with Gasteiger partial charge in [0.1, 0.15) is 11.6 Å². The molecule has 0 heterocycles. The minimum atomic E-state index is -0.406. The lowest BCUT2D eigenvalue weighted by Gasteiger charge is -2.19. The summed E-state index contributed by atoms with van der Waals surface area (Å²) in [7, 11) is 0. The van der Waals surface area contributed by atoms with Crippen LogP contribution in [0.4, 0.5) is 11.4 Å². The molecule has 4 heteroatoms. The van der Waals surface area contributed by atoms with Crippen LogP contribution in [0.3, 0.4) is 0 Å². The van der Waals surface area contributed by atoms with Gasteiger partial charge in [0, 0.05) is 17.6 Å². The number of benzene rings is 2. The molecule has 0 radical (unpaired) electrons. The maximum absolute atomic E-state index is 12.6. The Morgan fingerprint density at radius 3 is 2.07 bits per heavy atom. The van der Waals surface area contributed by atoms with Crippen LogP contribution < -0.4 is 10.6 Å². The first-order valence-corrected chi connectivity index (χ1v) is 9.69. The quantitative estimate of drug-likeness (QED) is 0.512. The van der Waals surface area contributed by atoms with E-state index in [1.54, 1.807) is 0 Å². The van der Waals surface area contributed by atoms with Crippen LogP contribution in [0.2, 0.25) is 0 Å². The van der Waals surface area contributed by atoms with E-state index in [2.05, 4.69) is 31.4 Å². The molecule has 146 valence electrons. The first-order chi connectivity index (χ1) is 13.3. The molecule has 0 aliphatic carbocycles. The van der Waals surface area contributed by atoms with Crippen molar-refractivity contribution in [3.05, 3.63) is 70.9 Å². The van der Waals surface area contributed by atoms with Crippen molar-refractivity contribution in [2.24, 2.45) is 0 Å². The van der Waals surface area contributed by atoms with Crippen molar-refractivity contribution in [1.29, 1.82) is 5.26 Å². The highest BCUT2D eigenvalue weighted by Gasteiger charge is 2.15. The van der Waals surface area contributed by atoms with Crippen molar-refractivity contribution in [3.63, 3.8) is 0 Å². The average Bonchev–Trinajstić information content (AvgIpc) is 2.68. The molecule has 4 nitrogen and oxygen atoms in total. The second kappa shape index (κ2) is 9.23. The largest absolute Gasteiger partial charge is 0.360 e. The number of hydrogen-bond donors (Lipinski definition) is 2. The second-order valence-electron chi connectivity index (χ2n) is 7.75. The molecule has 0 aliphatic heterocycles. The molecule has 0 spiro atoms. The van der Waals surface area contributed by atoms with Crippen LogP contribution in [-0.4, -0.2) is 5.91 Å². The maximum Gasteiger partial charge on any atom is 0.267 e. The lowest BCUT2D eigenvalue weighted by atomic mass is 9.87. The average molecular weight is 376 g/mol. The molecule has 2 N–H and O–H groups in total. The van der Waals surface area contributed by atoms with Crippen LogP contribution in [-0.2, 0) is 23.1 Å². The Kier molecular flexibility index (Phi) is 7.00. The van der Waals surface area contributed by atoms with E-state index in [-0.39, 0.29) is 11.0 Å². The highest BCUT2D eigenvalue weighted by molar-refractivity contribution is 6.07. The Labute approximate surface area is 168 Å². The molecule has 0 atom stereocenters. The molecule has 2 aromatic rings. The molecule has 0 saturated carbocycles. The van der Waals surface area contributed by atoms with Gasteiger partial charge in [0.15, 0.2) is 0 Å². The number of hydrogen-bond acceptors (Lipinski definition) is 3. The van der Waals surface area contributed by atoms with Gasteiger partial charge in [-0.15, -0.1) is 0 Å². The molecule has 28 heavy (non-hydrogen) atoms. The number of amides is 1. The van der Waals surface area contributed by atoms with Crippen LogP contribution in [0.5, 0.6) is 0 Å². The zero-order chi connectivity index (χ0) is 20.7. The van der Waals surface area contributed by atoms with Crippen LogP contribution in [0.15, 0.2) is 54.2 Å². The summed E-state index contributed by atoms with van der Waals surface area (Å²) in [5.41, 5.74) is 5.11. The normalized spacial score (nSPS) is 11.6. The molecule has 2 aromatic carbocycles. The second-order valence-corrected chi connectivity index (χ2v) is 7.75. The molecule has 0 aliphatic rings. The number of carbonyl (C=O) groups is 1. The summed E-state index contributed by atoms with van der Waals surface area (Å²) in [4.78, 5) is 12.6. The Balaban J connectivity index is 2.17. The third-order valence-electron chi connectivity index (χ3n) is 4.74. The number of nitriles is 1. The van der Waals surface area contributed by atoms with E-state index in [1.807, 2.05) is 62.4 Å². The number of aryl methyl sites for hydroxylation is 2. The fourth-order valence-electron chi connectivity index (χ4n) is 2.95. The van der Waals surface area contributed by atoms with Gasteiger partial charge in [-0.2, -0.15) is 5.26 Å². The van der Waals surface area contributed by atoms with Gasteiger partial charge < -0.3 is 10.6 Å². The van der Waals surface area contributed by atoms with E-state index in [0.717, 1.165) is 35.3 Å². The number of anilines is 2. The Morgan fingerprint density at radius 1 is 1.04 bits per heavy atom. The molecular formula is C24H29N3O. The molecule has 0 aromatic heterocycles. The Hall–Kier alpha value is -3.06. The summed E-state index contributed by atoms with van der Waals surface area (Å²) in [5, 5.41) is 15.4. The predicted molar refractivity (Wildman–Crippen MR) is 116 cm³/mol. The number of para-hydroxylation sites is 1. The van der Waals surface area contributed by atoms with Crippen LogP contribution in [0.25, 0.3) is 0 Å². The summed E-state index contributed by atoms with van der Waals surface area (Å²) in [6, 6.07) is 16.0. The molecular weight excluding hydrogens is 346 g/mol. The number of rotatable bonds is 6. The maximum atomic E-state index is 12.6. The topological polar surface area (TPSA) is 64.9 Å². The SMILES string of the molecule is CCc1cccc(CC)c1NC(=O)/C(C#N)=C\Nc1ccc(C(C)(C)C)cc1. The monoisotopic (exact) mass is 375 g/mol. The van der Waals surface area contributed by atoms with Crippen molar-refractivity contribution in [2.75, 3.05) is 10.6 Å². The summed E-state index contributed by atoms with van der Waals surface area (Å²) < 4.78 is 0. The van der Waals surface area contributed by atoms with Crippen molar-refractivity contribution in [1.82, 2.24) is 0 Å². The van der Waals surface area contributed by atoms with Crippen molar-refractivity contribution < 1.29 is 4.79 Å². The fourth-order valence-corrected chi connectivity index (χ4v) is 2.95. The Bertz CT molecular complexity index is 875. The smallest absolute Gasteiger partial charge is 0.267 e. The highest BCUT2D eigenvalue weighted by Crippen LogP contribution is 2.24. The first-order valence-electron chi connectivity index (χ1n) is 9.69. The summed E-state index contributed by atoms with van der Waals surface area (Å²) in [5.74, 6) is -0.406. The van der Waals surface area contributed by atoms with Crippen LogP contribution in [0, 0.1) is 11.3 Å². The van der Waals surface area contributed by atoms with Gasteiger partial charge in [-0.05, 0) is 47.1 Å². The molecule has 0 bridgehead atoms. The van der Waals surface area contributed by atoms with E-state index < -0.39 is 5.91 Å². The molecule has 2 rings (SSSR count). The number of nitrogens with zero attached hydrogens (tertiary/aromatic N) is 1. The number of carbonyl (C=O) groups excluding carboxylic acids is 1. The van der Waals surface area contributed by atoms with E-state index in [9.17, 15) is 10.1 Å². The first kappa shape index (κ1) is 21.2. The molecule has 0 fully saturated rings. The Morgan fingerprint density at radius 2 is 1.61 bits per heavy atom. The molecule has 1 amide bonds. The van der Waals surface area contributed by atoms with Gasteiger partial charge in [-0.25, -0.2) is 0 Å². The van der Waals surface area contributed by atoms with Gasteiger partial charge in [-0.1, -0.05) is 65.0 Å². The van der Waals surface area contributed by atoms with Gasteiger partial charge in [0.2, 0.25) is 0 Å².